The van der Waals surface area contributed by atoms with Crippen LogP contribution in [0.4, 0.5) is 0 Å². The highest BCUT2D eigenvalue weighted by molar-refractivity contribution is 5.92. The van der Waals surface area contributed by atoms with Crippen molar-refractivity contribution in [3.05, 3.63) is 23.8 Å². The monoisotopic (exact) mass is 222 g/mol. The summed E-state index contributed by atoms with van der Waals surface area (Å²) in [5.41, 5.74) is 1.28. The Hall–Kier alpha value is -2.04. The first-order chi connectivity index (χ1) is 8.28. The number of fused-ring (bicyclic) bond motifs is 1. The van der Waals surface area contributed by atoms with Gasteiger partial charge in [-0.1, -0.05) is 0 Å². The Labute approximate surface area is 95.1 Å². The minimum absolute atomic E-state index is 0.111. The summed E-state index contributed by atoms with van der Waals surface area (Å²) in [4.78, 5) is 15.0. The molecule has 0 saturated carbocycles. The Balaban J connectivity index is 2.53. The Morgan fingerprint density at radius 1 is 1.69 bits per heavy atom. The standard InChI is InChI=1S/C11H12N2O3/c1-3-16-11-12-8-5-4-7(10(14)15)6-9(8)13(11)2/h4-6H,3H2,1-2H3,(H,14,15)/i3D2. The second-order valence-corrected chi connectivity index (χ2v) is 3.27. The maximum absolute atomic E-state index is 10.9. The lowest BCUT2D eigenvalue weighted by molar-refractivity contribution is 0.0697. The zero-order valence-corrected chi connectivity index (χ0v) is 8.89. The number of hydrogen-bond donors (Lipinski definition) is 1. The zero-order chi connectivity index (χ0) is 13.5. The average Bonchev–Trinajstić information content (AvgIpc) is 2.53. The largest absolute Gasteiger partial charge is 0.478 e. The van der Waals surface area contributed by atoms with Crippen molar-refractivity contribution >= 4 is 17.0 Å². The molecule has 0 aliphatic rings. The molecule has 1 aromatic carbocycles. The van der Waals surface area contributed by atoms with Crippen molar-refractivity contribution in [2.24, 2.45) is 7.05 Å². The molecule has 0 unspecified atom stereocenters. The van der Waals surface area contributed by atoms with Gasteiger partial charge in [-0.25, -0.2) is 4.79 Å². The first-order valence-electron chi connectivity index (χ1n) is 5.67. The third kappa shape index (κ3) is 1.60. The number of ether oxygens (including phenoxy) is 1. The maximum Gasteiger partial charge on any atom is 0.335 e. The highest BCUT2D eigenvalue weighted by Gasteiger charge is 2.11. The van der Waals surface area contributed by atoms with Crippen molar-refractivity contribution in [2.45, 2.75) is 6.92 Å². The molecule has 0 radical (unpaired) electrons. The van der Waals surface area contributed by atoms with Crippen LogP contribution in [-0.2, 0) is 7.05 Å². The van der Waals surface area contributed by atoms with Gasteiger partial charge in [-0.15, -0.1) is 0 Å². The molecule has 5 heteroatoms. The summed E-state index contributed by atoms with van der Waals surface area (Å²) in [5, 5.41) is 8.91. The first-order valence-corrected chi connectivity index (χ1v) is 4.67. The summed E-state index contributed by atoms with van der Waals surface area (Å²) in [6, 6.07) is 4.60. The van der Waals surface area contributed by atoms with Gasteiger partial charge in [0.1, 0.15) is 0 Å². The minimum atomic E-state index is -1.84. The van der Waals surface area contributed by atoms with Crippen LogP contribution in [0.25, 0.3) is 11.0 Å². The van der Waals surface area contributed by atoms with Crippen LogP contribution >= 0.6 is 0 Å². The summed E-state index contributed by atoms with van der Waals surface area (Å²) in [7, 11) is 1.64. The molecule has 0 bridgehead atoms. The Morgan fingerprint density at radius 3 is 3.06 bits per heavy atom. The number of imidazole rings is 1. The number of rotatable bonds is 3. The van der Waals surface area contributed by atoms with Crippen molar-refractivity contribution in [1.29, 1.82) is 0 Å². The molecule has 84 valence electrons. The molecule has 2 rings (SSSR count). The SMILES string of the molecule is [2H]C([2H])(C)Oc1nc2ccc(C(=O)O)cc2n1C. The summed E-state index contributed by atoms with van der Waals surface area (Å²) >= 11 is 0. The van der Waals surface area contributed by atoms with Crippen LogP contribution in [0.15, 0.2) is 18.2 Å². The minimum Gasteiger partial charge on any atom is -0.478 e. The summed E-state index contributed by atoms with van der Waals surface area (Å²) in [6.07, 6.45) is 0. The first kappa shape index (κ1) is 8.15. The van der Waals surface area contributed by atoms with E-state index in [1.54, 1.807) is 13.1 Å². The second-order valence-electron chi connectivity index (χ2n) is 3.27. The van der Waals surface area contributed by atoms with Crippen molar-refractivity contribution < 1.29 is 17.4 Å². The number of aromatic carboxylic acids is 1. The summed E-state index contributed by atoms with van der Waals surface area (Å²) in [6.45, 7) is -0.570. The van der Waals surface area contributed by atoms with E-state index in [0.717, 1.165) is 0 Å². The van der Waals surface area contributed by atoms with Gasteiger partial charge < -0.3 is 9.84 Å². The molecule has 1 N–H and O–H groups in total. The number of hydrogen-bond acceptors (Lipinski definition) is 3. The predicted octanol–water partition coefficient (Wildman–Crippen LogP) is 1.67. The van der Waals surface area contributed by atoms with E-state index in [1.165, 1.54) is 23.6 Å². The van der Waals surface area contributed by atoms with Gasteiger partial charge in [0.05, 0.1) is 25.9 Å². The molecule has 0 aliphatic carbocycles. The third-order valence-electron chi connectivity index (χ3n) is 2.28. The van der Waals surface area contributed by atoms with Crippen LogP contribution in [-0.4, -0.2) is 27.2 Å². The zero-order valence-electron chi connectivity index (χ0n) is 10.9. The predicted molar refractivity (Wildman–Crippen MR) is 58.8 cm³/mol. The van der Waals surface area contributed by atoms with E-state index in [0.29, 0.717) is 11.0 Å². The molecular formula is C11H12N2O3. The average molecular weight is 222 g/mol. The van der Waals surface area contributed by atoms with E-state index in [1.807, 2.05) is 0 Å². The van der Waals surface area contributed by atoms with Crippen LogP contribution in [0.3, 0.4) is 0 Å². The van der Waals surface area contributed by atoms with Crippen LogP contribution in [0.2, 0.25) is 0 Å². The third-order valence-corrected chi connectivity index (χ3v) is 2.28. The highest BCUT2D eigenvalue weighted by Crippen LogP contribution is 2.21. The fourth-order valence-electron chi connectivity index (χ4n) is 1.48. The van der Waals surface area contributed by atoms with Crippen LogP contribution in [0.1, 0.15) is 20.0 Å². The van der Waals surface area contributed by atoms with E-state index in [-0.39, 0.29) is 11.6 Å². The number of aromatic nitrogens is 2. The fraction of sp³-hybridized carbons (Fsp3) is 0.273. The van der Waals surface area contributed by atoms with Crippen LogP contribution in [0.5, 0.6) is 6.01 Å². The van der Waals surface area contributed by atoms with Gasteiger partial charge in [0, 0.05) is 7.05 Å². The van der Waals surface area contributed by atoms with Gasteiger partial charge in [-0.3, -0.25) is 4.57 Å². The number of nitrogens with zero attached hydrogens (tertiary/aromatic N) is 2. The van der Waals surface area contributed by atoms with E-state index in [2.05, 4.69) is 4.98 Å². The van der Waals surface area contributed by atoms with Crippen LogP contribution < -0.4 is 4.74 Å². The molecule has 1 aromatic heterocycles. The molecule has 0 aliphatic heterocycles. The van der Waals surface area contributed by atoms with Crippen LogP contribution in [0, 0.1) is 0 Å². The Morgan fingerprint density at radius 2 is 2.44 bits per heavy atom. The van der Waals surface area contributed by atoms with E-state index in [4.69, 9.17) is 12.6 Å². The second kappa shape index (κ2) is 3.84. The van der Waals surface area contributed by atoms with E-state index in [9.17, 15) is 4.79 Å². The van der Waals surface area contributed by atoms with Gasteiger partial charge in [-0.2, -0.15) is 4.98 Å². The topological polar surface area (TPSA) is 64.3 Å². The smallest absolute Gasteiger partial charge is 0.335 e. The number of carboxylic acid groups (broad SMARTS) is 1. The Bertz CT molecular complexity index is 617. The highest BCUT2D eigenvalue weighted by atomic mass is 16.5. The van der Waals surface area contributed by atoms with Crippen molar-refractivity contribution in [3.8, 4) is 6.01 Å². The molecule has 16 heavy (non-hydrogen) atoms. The molecule has 0 fully saturated rings. The number of aryl methyl sites for hydroxylation is 1. The molecule has 5 nitrogen and oxygen atoms in total. The molecular weight excluding hydrogens is 208 g/mol. The number of benzene rings is 1. The van der Waals surface area contributed by atoms with E-state index < -0.39 is 12.5 Å². The lowest BCUT2D eigenvalue weighted by Gasteiger charge is -2.01. The normalized spacial score (nSPS) is 13.4. The molecule has 0 spiro atoms. The fourth-order valence-corrected chi connectivity index (χ4v) is 1.48. The molecule has 0 amide bonds. The molecule has 0 saturated heterocycles. The van der Waals surface area contributed by atoms with Crippen molar-refractivity contribution in [3.63, 3.8) is 0 Å². The maximum atomic E-state index is 10.9. The van der Waals surface area contributed by atoms with Gasteiger partial charge in [0.15, 0.2) is 0 Å². The van der Waals surface area contributed by atoms with Crippen molar-refractivity contribution in [1.82, 2.24) is 9.55 Å². The van der Waals surface area contributed by atoms with Crippen molar-refractivity contribution in [2.75, 3.05) is 6.56 Å². The number of carboxylic acids is 1. The van der Waals surface area contributed by atoms with E-state index >= 15 is 0 Å². The molecule has 1 heterocycles. The summed E-state index contributed by atoms with van der Waals surface area (Å²) in [5.74, 6) is -1.02. The van der Waals surface area contributed by atoms with Gasteiger partial charge in [0.2, 0.25) is 0 Å². The van der Waals surface area contributed by atoms with Gasteiger partial charge in [-0.05, 0) is 25.1 Å². The summed E-state index contributed by atoms with van der Waals surface area (Å²) < 4.78 is 21.3. The van der Waals surface area contributed by atoms with Gasteiger partial charge in [0.25, 0.3) is 6.01 Å². The lowest BCUT2D eigenvalue weighted by atomic mass is 10.2. The molecule has 2 aromatic rings. The number of carbonyl (C=O) groups is 1. The lowest BCUT2D eigenvalue weighted by Crippen LogP contribution is -1.99. The Kier molecular flexibility index (Phi) is 1.96. The molecule has 0 atom stereocenters. The quantitative estimate of drug-likeness (QED) is 0.857. The van der Waals surface area contributed by atoms with Gasteiger partial charge >= 0.3 is 5.97 Å².